The molecule has 0 radical (unpaired) electrons. The van der Waals surface area contributed by atoms with Crippen LogP contribution in [0.1, 0.15) is 23.5 Å². The number of nitrogens with two attached hydrogens (primary N) is 1. The molecule has 0 bridgehead atoms. The third kappa shape index (κ3) is 3.19. The summed E-state index contributed by atoms with van der Waals surface area (Å²) in [5, 5.41) is 1.90. The van der Waals surface area contributed by atoms with Gasteiger partial charge in [0.15, 0.2) is 0 Å². The van der Waals surface area contributed by atoms with E-state index in [0.29, 0.717) is 26.2 Å². The molecule has 1 atom stereocenters. The van der Waals surface area contributed by atoms with Gasteiger partial charge in [-0.05, 0) is 17.4 Å². The number of hydrogen-bond acceptors (Lipinski definition) is 4. The lowest BCUT2D eigenvalue weighted by Crippen LogP contribution is -2.55. The summed E-state index contributed by atoms with van der Waals surface area (Å²) in [6, 6.07) is 3.26. The van der Waals surface area contributed by atoms with Crippen LogP contribution in [0.2, 0.25) is 0 Å². The number of piperazine rings is 1. The highest BCUT2D eigenvalue weighted by molar-refractivity contribution is 7.12. The molecule has 2 heterocycles. The molecule has 0 spiro atoms. The van der Waals surface area contributed by atoms with Crippen molar-refractivity contribution in [2.24, 2.45) is 11.7 Å². The molecule has 1 fully saturated rings. The Bertz CT molecular complexity index is 465. The molecule has 1 aliphatic rings. The molecule has 2 rings (SSSR count). The number of carbonyl (C=O) groups is 2. The molecule has 6 heteroatoms. The first-order chi connectivity index (χ1) is 9.50. The van der Waals surface area contributed by atoms with E-state index < -0.39 is 6.04 Å². The average Bonchev–Trinajstić information content (AvgIpc) is 2.99. The lowest BCUT2D eigenvalue weighted by Gasteiger charge is -2.36. The van der Waals surface area contributed by atoms with Gasteiger partial charge in [0.05, 0.1) is 10.9 Å². The second-order valence-corrected chi connectivity index (χ2v) is 6.31. The lowest BCUT2D eigenvalue weighted by atomic mass is 10.0. The highest BCUT2D eigenvalue weighted by Gasteiger charge is 2.28. The van der Waals surface area contributed by atoms with Gasteiger partial charge in [-0.2, -0.15) is 0 Å². The van der Waals surface area contributed by atoms with Crippen molar-refractivity contribution in [3.63, 3.8) is 0 Å². The fraction of sp³-hybridized carbons (Fsp3) is 0.571. The van der Waals surface area contributed by atoms with Gasteiger partial charge in [-0.15, -0.1) is 11.3 Å². The van der Waals surface area contributed by atoms with Gasteiger partial charge >= 0.3 is 0 Å². The van der Waals surface area contributed by atoms with E-state index in [0.717, 1.165) is 4.88 Å². The maximum atomic E-state index is 12.2. The molecular weight excluding hydrogens is 274 g/mol. The normalized spacial score (nSPS) is 17.4. The van der Waals surface area contributed by atoms with Crippen molar-refractivity contribution in [2.75, 3.05) is 26.2 Å². The fourth-order valence-corrected chi connectivity index (χ4v) is 2.87. The summed E-state index contributed by atoms with van der Waals surface area (Å²) >= 11 is 1.45. The summed E-state index contributed by atoms with van der Waals surface area (Å²) < 4.78 is 0. The minimum atomic E-state index is -0.449. The van der Waals surface area contributed by atoms with Gasteiger partial charge in [-0.1, -0.05) is 19.9 Å². The standard InChI is InChI=1S/C14H21N3O2S/c1-10(2)12(15)14(19)17-7-5-16(6-8-17)13(18)11-4-3-9-20-11/h3-4,9-10,12H,5-8,15H2,1-2H3/t12-/m1/s1. The molecule has 1 aromatic heterocycles. The Balaban J connectivity index is 1.89. The van der Waals surface area contributed by atoms with Gasteiger partial charge in [-0.3, -0.25) is 9.59 Å². The van der Waals surface area contributed by atoms with Crippen LogP contribution in [0.5, 0.6) is 0 Å². The predicted molar refractivity (Wildman–Crippen MR) is 79.6 cm³/mol. The molecule has 0 unspecified atom stereocenters. The van der Waals surface area contributed by atoms with E-state index >= 15 is 0 Å². The molecule has 0 aliphatic carbocycles. The summed E-state index contributed by atoms with van der Waals surface area (Å²) in [6.07, 6.45) is 0. The van der Waals surface area contributed by atoms with Crippen LogP contribution in [0.3, 0.4) is 0 Å². The van der Waals surface area contributed by atoms with Crippen LogP contribution in [0.25, 0.3) is 0 Å². The third-order valence-electron chi connectivity index (χ3n) is 3.61. The Kier molecular flexibility index (Phi) is 4.77. The molecular formula is C14H21N3O2S. The largest absolute Gasteiger partial charge is 0.338 e. The molecule has 2 amide bonds. The minimum absolute atomic E-state index is 0.0109. The highest BCUT2D eigenvalue weighted by Crippen LogP contribution is 2.14. The van der Waals surface area contributed by atoms with E-state index in [1.165, 1.54) is 11.3 Å². The first-order valence-electron chi connectivity index (χ1n) is 6.88. The zero-order valence-corrected chi connectivity index (χ0v) is 12.7. The molecule has 110 valence electrons. The molecule has 1 saturated heterocycles. The van der Waals surface area contributed by atoms with Crippen molar-refractivity contribution >= 4 is 23.2 Å². The van der Waals surface area contributed by atoms with Crippen LogP contribution in [0, 0.1) is 5.92 Å². The Morgan fingerprint density at radius 3 is 2.30 bits per heavy atom. The number of carbonyl (C=O) groups excluding carboxylic acids is 2. The van der Waals surface area contributed by atoms with E-state index in [1.54, 1.807) is 9.80 Å². The molecule has 0 saturated carbocycles. The van der Waals surface area contributed by atoms with Gasteiger partial charge in [0.2, 0.25) is 5.91 Å². The maximum absolute atomic E-state index is 12.2. The summed E-state index contributed by atoms with van der Waals surface area (Å²) in [7, 11) is 0. The van der Waals surface area contributed by atoms with Crippen molar-refractivity contribution < 1.29 is 9.59 Å². The van der Waals surface area contributed by atoms with E-state index in [2.05, 4.69) is 0 Å². The quantitative estimate of drug-likeness (QED) is 0.905. The summed E-state index contributed by atoms with van der Waals surface area (Å²) in [4.78, 5) is 28.7. The Morgan fingerprint density at radius 1 is 1.20 bits per heavy atom. The van der Waals surface area contributed by atoms with Gasteiger partial charge in [0.1, 0.15) is 0 Å². The molecule has 5 nitrogen and oxygen atoms in total. The van der Waals surface area contributed by atoms with Crippen LogP contribution < -0.4 is 5.73 Å². The molecule has 0 aromatic carbocycles. The summed E-state index contributed by atoms with van der Waals surface area (Å²) in [5.74, 6) is 0.178. The monoisotopic (exact) mass is 295 g/mol. The minimum Gasteiger partial charge on any atom is -0.338 e. The topological polar surface area (TPSA) is 66.6 Å². The van der Waals surface area contributed by atoms with Crippen molar-refractivity contribution in [1.82, 2.24) is 9.80 Å². The maximum Gasteiger partial charge on any atom is 0.264 e. The zero-order chi connectivity index (χ0) is 14.7. The van der Waals surface area contributed by atoms with E-state index in [4.69, 9.17) is 5.73 Å². The van der Waals surface area contributed by atoms with Gasteiger partial charge in [-0.25, -0.2) is 0 Å². The Labute approximate surface area is 123 Å². The molecule has 1 aromatic rings. The van der Waals surface area contributed by atoms with Crippen molar-refractivity contribution in [2.45, 2.75) is 19.9 Å². The number of hydrogen-bond donors (Lipinski definition) is 1. The van der Waals surface area contributed by atoms with E-state index in [9.17, 15) is 9.59 Å². The van der Waals surface area contributed by atoms with Crippen molar-refractivity contribution in [3.05, 3.63) is 22.4 Å². The first-order valence-corrected chi connectivity index (χ1v) is 7.76. The number of amides is 2. The fourth-order valence-electron chi connectivity index (χ4n) is 2.18. The van der Waals surface area contributed by atoms with Gasteiger partial charge in [0, 0.05) is 26.2 Å². The average molecular weight is 295 g/mol. The van der Waals surface area contributed by atoms with Gasteiger partial charge in [0.25, 0.3) is 5.91 Å². The smallest absolute Gasteiger partial charge is 0.264 e. The first kappa shape index (κ1) is 15.0. The second-order valence-electron chi connectivity index (χ2n) is 5.36. The number of rotatable bonds is 3. The Morgan fingerprint density at radius 2 is 1.80 bits per heavy atom. The number of nitrogens with zero attached hydrogens (tertiary/aromatic N) is 2. The molecule has 2 N–H and O–H groups in total. The Hall–Kier alpha value is -1.40. The van der Waals surface area contributed by atoms with Crippen molar-refractivity contribution in [1.29, 1.82) is 0 Å². The van der Waals surface area contributed by atoms with E-state index in [1.807, 2.05) is 31.4 Å². The molecule has 1 aliphatic heterocycles. The summed E-state index contributed by atoms with van der Waals surface area (Å²) in [6.45, 7) is 6.17. The van der Waals surface area contributed by atoms with Crippen LogP contribution >= 0.6 is 11.3 Å². The highest BCUT2D eigenvalue weighted by atomic mass is 32.1. The lowest BCUT2D eigenvalue weighted by molar-refractivity contribution is -0.135. The van der Waals surface area contributed by atoms with E-state index in [-0.39, 0.29) is 17.7 Å². The summed E-state index contributed by atoms with van der Waals surface area (Å²) in [5.41, 5.74) is 5.89. The SMILES string of the molecule is CC(C)[C@@H](N)C(=O)N1CCN(C(=O)c2cccs2)CC1. The zero-order valence-electron chi connectivity index (χ0n) is 11.9. The van der Waals surface area contributed by atoms with Crippen LogP contribution in [0.4, 0.5) is 0 Å². The number of thiophene rings is 1. The van der Waals surface area contributed by atoms with Crippen LogP contribution in [-0.4, -0.2) is 53.8 Å². The second kappa shape index (κ2) is 6.37. The molecule has 20 heavy (non-hydrogen) atoms. The van der Waals surface area contributed by atoms with Crippen LogP contribution in [-0.2, 0) is 4.79 Å². The van der Waals surface area contributed by atoms with Crippen molar-refractivity contribution in [3.8, 4) is 0 Å². The van der Waals surface area contributed by atoms with Crippen LogP contribution in [0.15, 0.2) is 17.5 Å². The third-order valence-corrected chi connectivity index (χ3v) is 4.47. The predicted octanol–water partition coefficient (Wildman–Crippen LogP) is 1.02. The van der Waals surface area contributed by atoms with Gasteiger partial charge < -0.3 is 15.5 Å².